The standard InChI is InChI=1S/C22H22N2O4/c1-13-9-14(2)20(15(3)10-13)23-19(25)12-24(4)21(26)17-11-16-7-5-6-8-18(16)28-22(17)27/h5-11H,12H2,1-4H3,(H,23,25). The fraction of sp³-hybridized carbons (Fsp3) is 0.227. The quantitative estimate of drug-likeness (QED) is 0.706. The molecule has 6 heteroatoms. The number of para-hydroxylation sites is 1. The van der Waals surface area contributed by atoms with E-state index in [4.69, 9.17) is 4.42 Å². The zero-order chi connectivity index (χ0) is 20.4. The van der Waals surface area contributed by atoms with E-state index in [2.05, 4.69) is 5.32 Å². The minimum Gasteiger partial charge on any atom is -0.422 e. The molecule has 0 fully saturated rings. The van der Waals surface area contributed by atoms with Gasteiger partial charge >= 0.3 is 5.63 Å². The van der Waals surface area contributed by atoms with Crippen LogP contribution in [0.5, 0.6) is 0 Å². The second-order valence-corrected chi connectivity index (χ2v) is 6.97. The first-order valence-electron chi connectivity index (χ1n) is 8.92. The predicted molar refractivity (Wildman–Crippen MR) is 109 cm³/mol. The number of hydrogen-bond donors (Lipinski definition) is 1. The second-order valence-electron chi connectivity index (χ2n) is 6.97. The van der Waals surface area contributed by atoms with Gasteiger partial charge in [-0.1, -0.05) is 35.9 Å². The summed E-state index contributed by atoms with van der Waals surface area (Å²) in [7, 11) is 1.48. The maximum absolute atomic E-state index is 12.7. The number of amides is 2. The Labute approximate surface area is 162 Å². The summed E-state index contributed by atoms with van der Waals surface area (Å²) in [5.41, 5.74) is 3.35. The van der Waals surface area contributed by atoms with Crippen molar-refractivity contribution in [2.75, 3.05) is 18.9 Å². The van der Waals surface area contributed by atoms with E-state index in [9.17, 15) is 14.4 Å². The van der Waals surface area contributed by atoms with Crippen LogP contribution >= 0.6 is 0 Å². The zero-order valence-corrected chi connectivity index (χ0v) is 16.3. The molecule has 0 aliphatic heterocycles. The van der Waals surface area contributed by atoms with Crippen molar-refractivity contribution in [2.45, 2.75) is 20.8 Å². The van der Waals surface area contributed by atoms with Crippen LogP contribution in [-0.2, 0) is 4.79 Å². The molecule has 1 heterocycles. The lowest BCUT2D eigenvalue weighted by Crippen LogP contribution is -2.37. The van der Waals surface area contributed by atoms with Gasteiger partial charge < -0.3 is 14.6 Å². The molecule has 0 aliphatic carbocycles. The van der Waals surface area contributed by atoms with Gasteiger partial charge in [0.05, 0.1) is 6.54 Å². The lowest BCUT2D eigenvalue weighted by Gasteiger charge is -2.18. The maximum atomic E-state index is 12.7. The molecule has 0 atom stereocenters. The van der Waals surface area contributed by atoms with Crippen LogP contribution in [0.2, 0.25) is 0 Å². The van der Waals surface area contributed by atoms with Crippen molar-refractivity contribution in [1.82, 2.24) is 4.90 Å². The molecule has 2 aromatic carbocycles. The molecule has 0 saturated heterocycles. The Balaban J connectivity index is 1.77. The summed E-state index contributed by atoms with van der Waals surface area (Å²) < 4.78 is 5.20. The fourth-order valence-electron chi connectivity index (χ4n) is 3.26. The van der Waals surface area contributed by atoms with E-state index < -0.39 is 11.5 Å². The van der Waals surface area contributed by atoms with Crippen molar-refractivity contribution in [3.63, 3.8) is 0 Å². The molecule has 1 aromatic heterocycles. The van der Waals surface area contributed by atoms with Crippen LogP contribution in [0.3, 0.4) is 0 Å². The Kier molecular flexibility index (Phi) is 5.31. The molecule has 2 amide bonds. The first-order chi connectivity index (χ1) is 13.3. The van der Waals surface area contributed by atoms with Gasteiger partial charge in [0.15, 0.2) is 0 Å². The van der Waals surface area contributed by atoms with Crippen LogP contribution in [0.4, 0.5) is 5.69 Å². The van der Waals surface area contributed by atoms with Crippen molar-refractivity contribution >= 4 is 28.5 Å². The summed E-state index contributed by atoms with van der Waals surface area (Å²) in [6.07, 6.45) is 0. The highest BCUT2D eigenvalue weighted by Gasteiger charge is 2.20. The predicted octanol–water partition coefficient (Wildman–Crippen LogP) is 3.43. The number of nitrogens with zero attached hydrogens (tertiary/aromatic N) is 1. The highest BCUT2D eigenvalue weighted by molar-refractivity contribution is 6.00. The van der Waals surface area contributed by atoms with Crippen LogP contribution in [0.25, 0.3) is 11.0 Å². The Bertz CT molecular complexity index is 1110. The summed E-state index contributed by atoms with van der Waals surface area (Å²) in [5, 5.41) is 3.50. The highest BCUT2D eigenvalue weighted by atomic mass is 16.4. The van der Waals surface area contributed by atoms with Gasteiger partial charge in [0.1, 0.15) is 11.1 Å². The monoisotopic (exact) mass is 378 g/mol. The molecule has 0 unspecified atom stereocenters. The number of fused-ring (bicyclic) bond motifs is 1. The third-order valence-corrected chi connectivity index (χ3v) is 4.54. The van der Waals surface area contributed by atoms with Crippen molar-refractivity contribution in [2.24, 2.45) is 0 Å². The minimum absolute atomic E-state index is 0.100. The van der Waals surface area contributed by atoms with Crippen LogP contribution in [0.15, 0.2) is 51.7 Å². The smallest absolute Gasteiger partial charge is 0.349 e. The molecular formula is C22H22N2O4. The lowest BCUT2D eigenvalue weighted by molar-refractivity contribution is -0.116. The van der Waals surface area contributed by atoms with Crippen LogP contribution in [0.1, 0.15) is 27.0 Å². The highest BCUT2D eigenvalue weighted by Crippen LogP contribution is 2.22. The number of carbonyl (C=O) groups excluding carboxylic acids is 2. The van der Waals surface area contributed by atoms with Crippen molar-refractivity contribution in [3.8, 4) is 0 Å². The average molecular weight is 378 g/mol. The first-order valence-corrected chi connectivity index (χ1v) is 8.92. The van der Waals surface area contributed by atoms with Gasteiger partial charge in [-0.2, -0.15) is 0 Å². The largest absolute Gasteiger partial charge is 0.422 e. The van der Waals surface area contributed by atoms with Crippen molar-refractivity contribution in [3.05, 3.63) is 75.1 Å². The molecule has 0 aliphatic rings. The number of hydrogen-bond acceptors (Lipinski definition) is 4. The van der Waals surface area contributed by atoms with Gasteiger partial charge in [-0.05, 0) is 44.0 Å². The fourth-order valence-corrected chi connectivity index (χ4v) is 3.26. The molecule has 1 N–H and O–H groups in total. The number of aryl methyl sites for hydroxylation is 3. The van der Waals surface area contributed by atoms with Gasteiger partial charge in [0, 0.05) is 18.1 Å². The molecular weight excluding hydrogens is 356 g/mol. The number of rotatable bonds is 4. The summed E-state index contributed by atoms with van der Waals surface area (Å²) >= 11 is 0. The number of likely N-dealkylation sites (N-methyl/N-ethyl adjacent to an activating group) is 1. The van der Waals surface area contributed by atoms with Gasteiger partial charge in [0.2, 0.25) is 5.91 Å². The number of carbonyl (C=O) groups is 2. The molecule has 3 rings (SSSR count). The van der Waals surface area contributed by atoms with Crippen molar-refractivity contribution in [1.29, 1.82) is 0 Å². The van der Waals surface area contributed by atoms with Gasteiger partial charge in [0.25, 0.3) is 5.91 Å². The molecule has 6 nitrogen and oxygen atoms in total. The Morgan fingerprint density at radius 1 is 1.04 bits per heavy atom. The lowest BCUT2D eigenvalue weighted by atomic mass is 10.1. The Morgan fingerprint density at radius 2 is 1.68 bits per heavy atom. The van der Waals surface area contributed by atoms with E-state index in [0.717, 1.165) is 22.4 Å². The molecule has 0 spiro atoms. The topological polar surface area (TPSA) is 79.6 Å². The average Bonchev–Trinajstić information content (AvgIpc) is 2.63. The van der Waals surface area contributed by atoms with E-state index >= 15 is 0 Å². The Hall–Kier alpha value is -3.41. The van der Waals surface area contributed by atoms with Crippen LogP contribution in [0, 0.1) is 20.8 Å². The first kappa shape index (κ1) is 19.4. The summed E-state index contributed by atoms with van der Waals surface area (Å²) in [6, 6.07) is 12.4. The third kappa shape index (κ3) is 3.96. The van der Waals surface area contributed by atoms with Gasteiger partial charge in [-0.25, -0.2) is 4.79 Å². The second kappa shape index (κ2) is 7.68. The number of anilines is 1. The molecule has 0 saturated carbocycles. The SMILES string of the molecule is Cc1cc(C)c(NC(=O)CN(C)C(=O)c2cc3ccccc3oc2=O)c(C)c1. The third-order valence-electron chi connectivity index (χ3n) is 4.54. The van der Waals surface area contributed by atoms with Crippen LogP contribution < -0.4 is 10.9 Å². The zero-order valence-electron chi connectivity index (χ0n) is 16.3. The summed E-state index contributed by atoms with van der Waals surface area (Å²) in [6.45, 7) is 5.65. The van der Waals surface area contributed by atoms with Gasteiger partial charge in [-0.15, -0.1) is 0 Å². The number of benzene rings is 2. The van der Waals surface area contributed by atoms with E-state index in [1.807, 2.05) is 32.9 Å². The van der Waals surface area contributed by atoms with E-state index in [0.29, 0.717) is 11.0 Å². The molecule has 0 bridgehead atoms. The molecule has 3 aromatic rings. The van der Waals surface area contributed by atoms with Gasteiger partial charge in [-0.3, -0.25) is 9.59 Å². The van der Waals surface area contributed by atoms with Crippen molar-refractivity contribution < 1.29 is 14.0 Å². The summed E-state index contributed by atoms with van der Waals surface area (Å²) in [4.78, 5) is 38.5. The van der Waals surface area contributed by atoms with Crippen LogP contribution in [-0.4, -0.2) is 30.3 Å². The van der Waals surface area contributed by atoms with E-state index in [1.54, 1.807) is 24.3 Å². The number of nitrogens with one attached hydrogen (secondary N) is 1. The maximum Gasteiger partial charge on any atom is 0.349 e. The minimum atomic E-state index is -0.721. The summed E-state index contributed by atoms with van der Waals surface area (Å²) in [5.74, 6) is -0.900. The van der Waals surface area contributed by atoms with E-state index in [1.165, 1.54) is 18.0 Å². The molecule has 144 valence electrons. The molecule has 0 radical (unpaired) electrons. The normalized spacial score (nSPS) is 10.7. The Morgan fingerprint density at radius 3 is 2.36 bits per heavy atom. The molecule has 28 heavy (non-hydrogen) atoms. The van der Waals surface area contributed by atoms with E-state index in [-0.39, 0.29) is 18.0 Å².